The van der Waals surface area contributed by atoms with Gasteiger partial charge in [-0.1, -0.05) is 24.3 Å². The number of carbonyl (C=O) groups is 5. The predicted octanol–water partition coefficient (Wildman–Crippen LogP) is 4.24. The smallest absolute Gasteiger partial charge is 0.338 e. The molecule has 4 heterocycles. The lowest BCUT2D eigenvalue weighted by Crippen LogP contribution is -2.41. The molecule has 18 heteroatoms. The number of aliphatic hydroxyl groups is 3. The number of carboxylic acids is 1. The molecule has 10 rings (SSSR count). The number of hydrogen-bond acceptors (Lipinski definition) is 13. The number of fused-ring (bicyclic) bond motifs is 2. The molecule has 312 valence electrons. The number of nitrogens with zero attached hydrogens (tertiary/aromatic N) is 4. The van der Waals surface area contributed by atoms with Gasteiger partial charge in [0.15, 0.2) is 0 Å². The van der Waals surface area contributed by atoms with E-state index in [-0.39, 0.29) is 47.9 Å². The maximum Gasteiger partial charge on any atom is 0.338 e. The van der Waals surface area contributed by atoms with E-state index in [1.807, 2.05) is 55.5 Å². The van der Waals surface area contributed by atoms with Crippen molar-refractivity contribution in [2.75, 3.05) is 0 Å². The number of imidazole rings is 2. The summed E-state index contributed by atoms with van der Waals surface area (Å²) in [5.41, 5.74) is 1.88. The third-order valence-electron chi connectivity index (χ3n) is 12.1. The van der Waals surface area contributed by atoms with Crippen LogP contribution in [0.25, 0.3) is 0 Å². The second-order valence-electron chi connectivity index (χ2n) is 15.4. The van der Waals surface area contributed by atoms with E-state index in [0.29, 0.717) is 12.8 Å². The summed E-state index contributed by atoms with van der Waals surface area (Å²) in [5.74, 6) is -5.06. The third-order valence-corrected chi connectivity index (χ3v) is 13.6. The SMILES string of the molecule is CC(O)c1ccc(I)cc1.CC(OC(=O)C1C2CC3C(OC(=O)C31)C2O)c1ccc(I)cc1.O=C(O)C1C2CC3C(OC(=O)C31)C2O.O=C(n1ccnc1)n1ccnc1. The zero-order chi connectivity index (χ0) is 42.3. The highest BCUT2D eigenvalue weighted by Crippen LogP contribution is 2.59. The maximum absolute atomic E-state index is 12.6. The lowest BCUT2D eigenvalue weighted by molar-refractivity contribution is -0.160. The number of carbonyl (C=O) groups excluding carboxylic acids is 4. The molecule has 4 saturated carbocycles. The second kappa shape index (κ2) is 17.8. The summed E-state index contributed by atoms with van der Waals surface area (Å²) in [5, 5.41) is 38.0. The number of benzene rings is 2. The summed E-state index contributed by atoms with van der Waals surface area (Å²) in [6.45, 7) is 3.59. The van der Waals surface area contributed by atoms with Crippen LogP contribution in [-0.2, 0) is 33.4 Å². The van der Waals surface area contributed by atoms with Crippen molar-refractivity contribution in [3.05, 3.63) is 104 Å². The van der Waals surface area contributed by atoms with E-state index in [1.165, 1.54) is 25.4 Å². The zero-order valence-electron chi connectivity index (χ0n) is 31.7. The summed E-state index contributed by atoms with van der Waals surface area (Å²) in [7, 11) is 0. The molecule has 0 spiro atoms. The molecule has 4 bridgehead atoms. The molecule has 59 heavy (non-hydrogen) atoms. The molecule has 2 aliphatic heterocycles. The van der Waals surface area contributed by atoms with E-state index in [2.05, 4.69) is 55.1 Å². The van der Waals surface area contributed by atoms with E-state index >= 15 is 0 Å². The Labute approximate surface area is 365 Å². The molecule has 16 nitrogen and oxygen atoms in total. The van der Waals surface area contributed by atoms with Crippen molar-refractivity contribution in [1.82, 2.24) is 19.1 Å². The molecule has 2 aromatic carbocycles. The van der Waals surface area contributed by atoms with E-state index in [0.717, 1.165) is 14.7 Å². The highest BCUT2D eigenvalue weighted by atomic mass is 127. The molecule has 14 unspecified atom stereocenters. The molecule has 0 radical (unpaired) electrons. The van der Waals surface area contributed by atoms with Gasteiger partial charge in [0.1, 0.15) is 31.0 Å². The van der Waals surface area contributed by atoms with Crippen LogP contribution in [-0.4, -0.2) is 93.9 Å². The van der Waals surface area contributed by atoms with Gasteiger partial charge in [-0.15, -0.1) is 0 Å². The van der Waals surface area contributed by atoms with E-state index in [1.54, 1.807) is 31.7 Å². The molecule has 4 aromatic rings. The van der Waals surface area contributed by atoms with Gasteiger partial charge in [0.25, 0.3) is 0 Å². The van der Waals surface area contributed by atoms with Crippen LogP contribution in [0.4, 0.5) is 4.79 Å². The summed E-state index contributed by atoms with van der Waals surface area (Å²) >= 11 is 4.46. The van der Waals surface area contributed by atoms with Gasteiger partial charge in [0, 0.05) is 55.6 Å². The number of aliphatic carboxylic acids is 1. The van der Waals surface area contributed by atoms with Crippen molar-refractivity contribution in [2.45, 2.75) is 63.3 Å². The lowest BCUT2D eigenvalue weighted by atomic mass is 9.78. The molecular weight excluding hydrogens is 994 g/mol. The zero-order valence-corrected chi connectivity index (χ0v) is 36.0. The van der Waals surface area contributed by atoms with Gasteiger partial charge in [-0.3, -0.25) is 28.3 Å². The Bertz CT molecular complexity index is 2110. The number of carboxylic acid groups (broad SMARTS) is 1. The average molecular weight is 1040 g/mol. The third kappa shape index (κ3) is 8.55. The first-order chi connectivity index (χ1) is 28.2. The van der Waals surface area contributed by atoms with Crippen LogP contribution < -0.4 is 0 Å². The quantitative estimate of drug-likeness (QED) is 0.125. The minimum Gasteiger partial charge on any atom is -0.481 e. The number of aliphatic hydroxyl groups excluding tert-OH is 3. The minimum absolute atomic E-state index is 0.0336. The molecule has 4 N–H and O–H groups in total. The minimum atomic E-state index is -0.987. The number of esters is 3. The molecular formula is C41H42I2N4O12. The van der Waals surface area contributed by atoms with Crippen molar-refractivity contribution >= 4 is 75.1 Å². The number of hydrogen-bond donors (Lipinski definition) is 4. The van der Waals surface area contributed by atoms with Crippen molar-refractivity contribution in [3.63, 3.8) is 0 Å². The second-order valence-corrected chi connectivity index (χ2v) is 17.9. The number of ether oxygens (including phenoxy) is 3. The maximum atomic E-state index is 12.6. The standard InChI is InChI=1S/C17H17IO5.C9H10O5.C8H9IO.C7H6N4O/c1-7(8-2-4-9(18)5-3-8)22-16(20)12-10-6-11-13(12)17(21)23-15(11)14(10)19;10-6-2-1-3-5(4(2)8(11)12)9(13)14-7(3)6;1-6(10)7-2-4-8(9)5-3-7;12-7(10-3-1-8-5-10)11-4-2-9-6-11/h2-5,7,10-15,19H,6H2,1H3;2-7,10H,1H2,(H,11,12);2-6,10H,1H3;1-6H. The summed E-state index contributed by atoms with van der Waals surface area (Å²) in [6, 6.07) is 15.4. The Morgan fingerprint density at radius 1 is 0.729 bits per heavy atom. The van der Waals surface area contributed by atoms with Crippen LogP contribution in [0, 0.1) is 54.5 Å². The summed E-state index contributed by atoms with van der Waals surface area (Å²) in [4.78, 5) is 65.9. The first-order valence-electron chi connectivity index (χ1n) is 19.1. The Morgan fingerprint density at radius 3 is 1.59 bits per heavy atom. The number of aromatic nitrogens is 4. The molecule has 2 saturated heterocycles. The monoisotopic (exact) mass is 1040 g/mol. The van der Waals surface area contributed by atoms with Gasteiger partial charge in [-0.2, -0.15) is 0 Å². The van der Waals surface area contributed by atoms with Crippen LogP contribution in [0.2, 0.25) is 0 Å². The average Bonchev–Trinajstić information content (AvgIpc) is 4.07. The Morgan fingerprint density at radius 2 is 1.17 bits per heavy atom. The number of rotatable bonds is 5. The molecule has 6 fully saturated rings. The van der Waals surface area contributed by atoms with Crippen LogP contribution >= 0.6 is 45.2 Å². The van der Waals surface area contributed by atoms with Crippen LogP contribution in [0.15, 0.2) is 86.0 Å². The Balaban J connectivity index is 0.000000127. The summed E-state index contributed by atoms with van der Waals surface area (Å²) in [6.07, 6.45) is 7.33. The topological polar surface area (TPSA) is 230 Å². The van der Waals surface area contributed by atoms with Crippen molar-refractivity contribution < 1.29 is 58.6 Å². The van der Waals surface area contributed by atoms with Crippen molar-refractivity contribution in [2.24, 2.45) is 47.3 Å². The normalized spacial score (nSPS) is 32.0. The Kier molecular flexibility index (Phi) is 12.9. The molecule has 2 aromatic heterocycles. The lowest BCUT2D eigenvalue weighted by Gasteiger charge is -2.28. The fraction of sp³-hybridized carbons (Fsp3) is 0.439. The van der Waals surface area contributed by atoms with Crippen molar-refractivity contribution in [3.8, 4) is 0 Å². The molecule has 4 aliphatic carbocycles. The molecule has 6 aliphatic rings. The van der Waals surface area contributed by atoms with Gasteiger partial charge in [0.05, 0.1) is 42.0 Å². The van der Waals surface area contributed by atoms with Crippen molar-refractivity contribution in [1.29, 1.82) is 0 Å². The predicted molar refractivity (Wildman–Crippen MR) is 221 cm³/mol. The van der Waals surface area contributed by atoms with Crippen LogP contribution in [0.1, 0.15) is 50.0 Å². The van der Waals surface area contributed by atoms with Gasteiger partial charge < -0.3 is 34.6 Å². The Hall–Kier alpha value is -4.25. The van der Waals surface area contributed by atoms with E-state index in [9.17, 15) is 34.2 Å². The van der Waals surface area contributed by atoms with Gasteiger partial charge in [0.2, 0.25) is 0 Å². The first-order valence-corrected chi connectivity index (χ1v) is 21.2. The van der Waals surface area contributed by atoms with Gasteiger partial charge in [-0.05, 0) is 107 Å². The van der Waals surface area contributed by atoms with Crippen LogP contribution in [0.3, 0.4) is 0 Å². The highest BCUT2D eigenvalue weighted by molar-refractivity contribution is 14.1. The fourth-order valence-corrected chi connectivity index (χ4v) is 10.1. The molecule has 0 amide bonds. The number of halogens is 2. The van der Waals surface area contributed by atoms with Crippen LogP contribution in [0.5, 0.6) is 0 Å². The molecule has 14 atom stereocenters. The van der Waals surface area contributed by atoms with E-state index in [4.69, 9.17) is 24.4 Å². The highest BCUT2D eigenvalue weighted by Gasteiger charge is 2.69. The van der Waals surface area contributed by atoms with Gasteiger partial charge >= 0.3 is 29.9 Å². The first kappa shape index (κ1) is 42.9. The largest absolute Gasteiger partial charge is 0.481 e. The van der Waals surface area contributed by atoms with E-state index < -0.39 is 66.0 Å². The fourth-order valence-electron chi connectivity index (χ4n) is 9.37. The summed E-state index contributed by atoms with van der Waals surface area (Å²) < 4.78 is 20.9. The van der Waals surface area contributed by atoms with Gasteiger partial charge in [-0.25, -0.2) is 14.8 Å².